The highest BCUT2D eigenvalue weighted by Crippen LogP contribution is 2.13. The molecule has 0 aromatic heterocycles. The van der Waals surface area contributed by atoms with Crippen LogP contribution in [0.2, 0.25) is 0 Å². The van der Waals surface area contributed by atoms with Crippen LogP contribution in [0, 0.1) is 0 Å². The number of aliphatic carboxylic acids is 7. The topological polar surface area (TPSA) is 511 Å². The summed E-state index contributed by atoms with van der Waals surface area (Å²) < 4.78 is 0. The summed E-state index contributed by atoms with van der Waals surface area (Å²) in [4.78, 5) is 173. The number of carbonyl (C=O) groups is 14. The van der Waals surface area contributed by atoms with E-state index in [4.69, 9.17) is 21.1 Å². The lowest BCUT2D eigenvalue weighted by Gasteiger charge is -2.26. The van der Waals surface area contributed by atoms with Crippen molar-refractivity contribution in [3.05, 3.63) is 29.8 Å². The molecule has 0 heterocycles. The van der Waals surface area contributed by atoms with Gasteiger partial charge in [0.1, 0.15) is 48.0 Å². The second kappa shape index (κ2) is 28.6. The van der Waals surface area contributed by atoms with E-state index in [0.717, 1.165) is 6.92 Å². The lowest BCUT2D eigenvalue weighted by Crippen LogP contribution is -2.60. The summed E-state index contributed by atoms with van der Waals surface area (Å²) in [5.41, 5.74) is 5.88. The van der Waals surface area contributed by atoms with E-state index in [2.05, 4.69) is 10.6 Å². The molecule has 30 heteroatoms. The molecule has 0 aliphatic heterocycles. The normalized spacial score (nSPS) is 14.2. The number of amides is 7. The van der Waals surface area contributed by atoms with Crippen LogP contribution in [0.1, 0.15) is 70.3 Å². The Hall–Kier alpha value is -8.44. The number of benzene rings is 1. The molecule has 8 atom stereocenters. The van der Waals surface area contributed by atoms with Crippen LogP contribution in [0.3, 0.4) is 0 Å². The van der Waals surface area contributed by atoms with Crippen molar-refractivity contribution in [3.63, 3.8) is 0 Å². The van der Waals surface area contributed by atoms with Crippen molar-refractivity contribution in [2.45, 2.75) is 119 Å². The Morgan fingerprint density at radius 2 is 0.754 bits per heavy atom. The first-order chi connectivity index (χ1) is 32.1. The summed E-state index contributed by atoms with van der Waals surface area (Å²) in [5.74, 6) is -20.6. The SMILES string of the molecule is C[C@H](NC(=O)[C@H](CC(=O)O)NC(=O)[C@H](Cc1ccc(O)cc1)NC(=O)[C@H](CC(=O)O)NC(=O)[C@@H](N)CCC(=O)O)C(=O)N[C@@H](CC(=O)O)C(=O)N[C@@H](CCC(=O)O)C(=O)N[C@@H](CCC(=O)O)C(=O)O. The molecule has 69 heavy (non-hydrogen) atoms. The van der Waals surface area contributed by atoms with Gasteiger partial charge in [-0.05, 0) is 43.9 Å². The van der Waals surface area contributed by atoms with Crippen LogP contribution in [0.15, 0.2) is 24.3 Å². The van der Waals surface area contributed by atoms with Crippen molar-refractivity contribution < 1.29 is 108 Å². The molecule has 0 saturated carbocycles. The van der Waals surface area contributed by atoms with Gasteiger partial charge < -0.3 is 83.8 Å². The quantitative estimate of drug-likeness (QED) is 0.0321. The maximum atomic E-state index is 13.8. The second-order valence-corrected chi connectivity index (χ2v) is 15.0. The van der Waals surface area contributed by atoms with Crippen LogP contribution >= 0.6 is 0 Å². The Morgan fingerprint density at radius 3 is 1.19 bits per heavy atom. The molecular formula is C39H52N8O22. The number of carboxylic acid groups (broad SMARTS) is 7. The van der Waals surface area contributed by atoms with E-state index in [1.807, 2.05) is 26.6 Å². The fourth-order valence-corrected chi connectivity index (χ4v) is 5.74. The van der Waals surface area contributed by atoms with Gasteiger partial charge in [-0.25, -0.2) is 4.79 Å². The number of aromatic hydroxyl groups is 1. The third-order valence-electron chi connectivity index (χ3n) is 9.34. The summed E-state index contributed by atoms with van der Waals surface area (Å²) >= 11 is 0. The maximum absolute atomic E-state index is 13.8. The predicted molar refractivity (Wildman–Crippen MR) is 224 cm³/mol. The van der Waals surface area contributed by atoms with Gasteiger partial charge >= 0.3 is 41.8 Å². The van der Waals surface area contributed by atoms with Gasteiger partial charge in [-0.15, -0.1) is 0 Å². The first kappa shape index (κ1) is 58.6. The fourth-order valence-electron chi connectivity index (χ4n) is 5.74. The Kier molecular flexibility index (Phi) is 24.2. The van der Waals surface area contributed by atoms with Crippen LogP contribution in [-0.2, 0) is 73.5 Å². The lowest BCUT2D eigenvalue weighted by molar-refractivity contribution is -0.145. The number of nitrogens with two attached hydrogens (primary N) is 1. The molecule has 0 fully saturated rings. The third kappa shape index (κ3) is 23.0. The molecule has 7 amide bonds. The Morgan fingerprint density at radius 1 is 0.420 bits per heavy atom. The molecule has 0 aliphatic rings. The first-order valence-corrected chi connectivity index (χ1v) is 20.3. The molecule has 380 valence electrons. The van der Waals surface area contributed by atoms with Gasteiger partial charge in [-0.1, -0.05) is 12.1 Å². The molecule has 0 spiro atoms. The number of hydrogen-bond donors (Lipinski definition) is 16. The number of nitrogens with one attached hydrogen (secondary N) is 7. The Balaban J connectivity index is 3.39. The largest absolute Gasteiger partial charge is 0.508 e. The first-order valence-electron chi connectivity index (χ1n) is 20.3. The van der Waals surface area contributed by atoms with Crippen molar-refractivity contribution in [2.24, 2.45) is 5.73 Å². The molecule has 1 rings (SSSR count). The maximum Gasteiger partial charge on any atom is 0.326 e. The molecule has 1 aromatic carbocycles. The van der Waals surface area contributed by atoms with Gasteiger partial charge in [0.05, 0.1) is 25.3 Å². The molecule has 1 aromatic rings. The fraction of sp³-hybridized carbons (Fsp3) is 0.487. The average molecular weight is 985 g/mol. The third-order valence-corrected chi connectivity index (χ3v) is 9.34. The second-order valence-electron chi connectivity index (χ2n) is 15.0. The van der Waals surface area contributed by atoms with Crippen molar-refractivity contribution >= 4 is 83.1 Å². The van der Waals surface area contributed by atoms with E-state index in [1.54, 1.807) is 0 Å². The van der Waals surface area contributed by atoms with Crippen molar-refractivity contribution in [1.29, 1.82) is 0 Å². The zero-order valence-electron chi connectivity index (χ0n) is 36.4. The van der Waals surface area contributed by atoms with Gasteiger partial charge in [-0.3, -0.25) is 62.3 Å². The van der Waals surface area contributed by atoms with Crippen molar-refractivity contribution in [1.82, 2.24) is 37.2 Å². The standard InChI is InChI=1S/C39H52N8O22/c1-16(32(61)44-24(14-30(57)58)37(66)42-20(7-10-27(51)52)34(63)43-21(39(68)69)8-11-28(53)54)41-35(64)23(13-29(55)56)47-36(65)22(12-17-2-4-18(48)5-3-17)46-38(67)25(15-31(59)60)45-33(62)19(40)6-9-26(49)50/h2-5,16,19-25,48H,6-15,40H2,1H3,(H,41,64)(H,42,66)(H,43,63)(H,44,61)(H,45,62)(H,46,67)(H,47,65)(H,49,50)(H,51,52)(H,53,54)(H,55,56)(H,57,58)(H,59,60)(H,68,69)/t16-,19-,20-,21-,22-,23-,24-,25-/m0/s1. The number of rotatable bonds is 32. The summed E-state index contributed by atoms with van der Waals surface area (Å²) in [6, 6.07) is -10.1. The van der Waals surface area contributed by atoms with Crippen LogP contribution in [0.4, 0.5) is 0 Å². The summed E-state index contributed by atoms with van der Waals surface area (Å²) in [5, 5.41) is 88.8. The van der Waals surface area contributed by atoms with E-state index in [1.165, 1.54) is 24.3 Å². The van der Waals surface area contributed by atoms with E-state index in [9.17, 15) is 92.7 Å². The molecule has 0 unspecified atom stereocenters. The predicted octanol–water partition coefficient (Wildman–Crippen LogP) is -5.22. The zero-order valence-corrected chi connectivity index (χ0v) is 36.4. The van der Waals surface area contributed by atoms with Gasteiger partial charge in [0.15, 0.2) is 0 Å². The minimum absolute atomic E-state index is 0.210. The molecule has 0 radical (unpaired) electrons. The summed E-state index contributed by atoms with van der Waals surface area (Å²) in [7, 11) is 0. The van der Waals surface area contributed by atoms with Gasteiger partial charge in [0.25, 0.3) is 0 Å². The van der Waals surface area contributed by atoms with Gasteiger partial charge in [-0.2, -0.15) is 0 Å². The number of phenolic OH excluding ortho intramolecular Hbond substituents is 1. The number of carboxylic acids is 7. The molecular weight excluding hydrogens is 932 g/mol. The van der Waals surface area contributed by atoms with Crippen LogP contribution in [0.5, 0.6) is 5.75 Å². The van der Waals surface area contributed by atoms with E-state index >= 15 is 0 Å². The van der Waals surface area contributed by atoms with Crippen LogP contribution in [0.25, 0.3) is 0 Å². The monoisotopic (exact) mass is 984 g/mol. The van der Waals surface area contributed by atoms with Crippen LogP contribution in [-0.4, -0.2) is 172 Å². The molecule has 0 bridgehead atoms. The highest BCUT2D eigenvalue weighted by atomic mass is 16.4. The van der Waals surface area contributed by atoms with Crippen molar-refractivity contribution in [2.75, 3.05) is 0 Å². The minimum atomic E-state index is -2.11. The zero-order chi connectivity index (χ0) is 52.7. The Labute approximate surface area is 388 Å². The highest BCUT2D eigenvalue weighted by molar-refractivity contribution is 5.99. The smallest absolute Gasteiger partial charge is 0.326 e. The van der Waals surface area contributed by atoms with Crippen LogP contribution < -0.4 is 43.0 Å². The Bertz CT molecular complexity index is 2120. The summed E-state index contributed by atoms with van der Waals surface area (Å²) in [6.07, 6.45) is -7.94. The number of carbonyl (C=O) groups excluding carboxylic acids is 7. The van der Waals surface area contributed by atoms with Gasteiger partial charge in [0, 0.05) is 25.7 Å². The number of phenols is 1. The summed E-state index contributed by atoms with van der Waals surface area (Å²) in [6.45, 7) is 0.952. The number of hydrogen-bond acceptors (Lipinski definition) is 16. The molecule has 0 aliphatic carbocycles. The lowest BCUT2D eigenvalue weighted by atomic mass is 10.0. The van der Waals surface area contributed by atoms with E-state index in [0.29, 0.717) is 0 Å². The molecule has 30 nitrogen and oxygen atoms in total. The average Bonchev–Trinajstić information content (AvgIpc) is 3.24. The molecule has 0 saturated heterocycles. The van der Waals surface area contributed by atoms with Crippen molar-refractivity contribution in [3.8, 4) is 5.75 Å². The minimum Gasteiger partial charge on any atom is -0.508 e. The molecule has 17 N–H and O–H groups in total. The highest BCUT2D eigenvalue weighted by Gasteiger charge is 2.35. The van der Waals surface area contributed by atoms with E-state index in [-0.39, 0.29) is 11.3 Å². The van der Waals surface area contributed by atoms with Gasteiger partial charge in [0.2, 0.25) is 41.4 Å². The van der Waals surface area contributed by atoms with E-state index < -0.39 is 196 Å².